The molecule has 0 unspecified atom stereocenters. The number of aromatic nitrogens is 5. The zero-order valence-electron chi connectivity index (χ0n) is 10.9. The fourth-order valence-corrected chi connectivity index (χ4v) is 2.00. The minimum atomic E-state index is 0.153. The Morgan fingerprint density at radius 1 is 1.10 bits per heavy atom. The first-order valence-corrected chi connectivity index (χ1v) is 6.65. The molecule has 100 valence electrons. The summed E-state index contributed by atoms with van der Waals surface area (Å²) < 4.78 is 1.55. The van der Waals surface area contributed by atoms with E-state index in [2.05, 4.69) is 39.1 Å². The van der Waals surface area contributed by atoms with Crippen molar-refractivity contribution in [2.24, 2.45) is 0 Å². The molecule has 20 heavy (non-hydrogen) atoms. The van der Waals surface area contributed by atoms with Gasteiger partial charge >= 0.3 is 0 Å². The summed E-state index contributed by atoms with van der Waals surface area (Å²) in [7, 11) is 0. The lowest BCUT2D eigenvalue weighted by atomic mass is 10.1. The molecule has 0 amide bonds. The van der Waals surface area contributed by atoms with Crippen LogP contribution in [0, 0.1) is 0 Å². The molecule has 0 saturated heterocycles. The molecule has 0 spiro atoms. The van der Waals surface area contributed by atoms with Gasteiger partial charge in [-0.1, -0.05) is 31.2 Å². The van der Waals surface area contributed by atoms with E-state index in [4.69, 9.17) is 11.6 Å². The first-order valence-electron chi connectivity index (χ1n) is 6.27. The summed E-state index contributed by atoms with van der Waals surface area (Å²) in [6, 6.07) is 9.88. The van der Waals surface area contributed by atoms with E-state index < -0.39 is 0 Å². The summed E-state index contributed by atoms with van der Waals surface area (Å²) in [5.41, 5.74) is 2.17. The Balaban J connectivity index is 2.04. The number of hydrogen-bond donors (Lipinski definition) is 0. The van der Waals surface area contributed by atoms with Crippen molar-refractivity contribution < 1.29 is 0 Å². The fraction of sp³-hybridized carbons (Fsp3) is 0.143. The number of hydrogen-bond acceptors (Lipinski definition) is 4. The van der Waals surface area contributed by atoms with E-state index >= 15 is 0 Å². The van der Waals surface area contributed by atoms with E-state index in [0.717, 1.165) is 12.0 Å². The second kappa shape index (κ2) is 5.38. The van der Waals surface area contributed by atoms with Crippen LogP contribution in [0.25, 0.3) is 17.3 Å². The van der Waals surface area contributed by atoms with E-state index in [1.807, 2.05) is 12.1 Å². The molecule has 0 N–H and O–H groups in total. The van der Waals surface area contributed by atoms with Gasteiger partial charge in [0.15, 0.2) is 5.82 Å². The highest BCUT2D eigenvalue weighted by molar-refractivity contribution is 6.28. The van der Waals surface area contributed by atoms with E-state index in [-0.39, 0.29) is 5.28 Å². The van der Waals surface area contributed by atoms with Crippen molar-refractivity contribution in [2.75, 3.05) is 0 Å². The van der Waals surface area contributed by atoms with Crippen LogP contribution in [0.15, 0.2) is 42.7 Å². The molecule has 2 heterocycles. The molecule has 0 aliphatic heterocycles. The van der Waals surface area contributed by atoms with E-state index in [1.54, 1.807) is 23.1 Å². The molecule has 0 aliphatic carbocycles. The second-order valence-electron chi connectivity index (χ2n) is 4.23. The van der Waals surface area contributed by atoms with Gasteiger partial charge in [-0.3, -0.25) is 0 Å². The predicted octanol–water partition coefficient (Wildman–Crippen LogP) is 2.94. The first-order chi connectivity index (χ1) is 9.76. The van der Waals surface area contributed by atoms with Gasteiger partial charge in [-0.05, 0) is 29.7 Å². The predicted molar refractivity (Wildman–Crippen MR) is 76.8 cm³/mol. The van der Waals surface area contributed by atoms with Crippen LogP contribution in [-0.4, -0.2) is 24.7 Å². The van der Waals surface area contributed by atoms with Gasteiger partial charge in [0.1, 0.15) is 0 Å². The quantitative estimate of drug-likeness (QED) is 0.742. The number of nitrogens with zero attached hydrogens (tertiary/aromatic N) is 5. The average Bonchev–Trinajstić information content (AvgIpc) is 3.01. The molecule has 5 nitrogen and oxygen atoms in total. The van der Waals surface area contributed by atoms with Crippen LogP contribution in [0.2, 0.25) is 5.28 Å². The Morgan fingerprint density at radius 3 is 2.55 bits per heavy atom. The minimum absolute atomic E-state index is 0.153. The van der Waals surface area contributed by atoms with Crippen molar-refractivity contribution in [1.29, 1.82) is 0 Å². The van der Waals surface area contributed by atoms with E-state index in [1.165, 1.54) is 5.56 Å². The third-order valence-electron chi connectivity index (χ3n) is 2.93. The van der Waals surface area contributed by atoms with Crippen molar-refractivity contribution in [2.45, 2.75) is 13.3 Å². The van der Waals surface area contributed by atoms with Gasteiger partial charge in [0.05, 0.1) is 0 Å². The zero-order valence-corrected chi connectivity index (χ0v) is 11.6. The first kappa shape index (κ1) is 12.7. The molecule has 0 fully saturated rings. The summed E-state index contributed by atoms with van der Waals surface area (Å²) in [6.45, 7) is 2.12. The van der Waals surface area contributed by atoms with Crippen molar-refractivity contribution in [3.05, 3.63) is 53.6 Å². The summed E-state index contributed by atoms with van der Waals surface area (Å²) in [6.07, 6.45) is 4.42. The van der Waals surface area contributed by atoms with Crippen LogP contribution in [0.4, 0.5) is 0 Å². The van der Waals surface area contributed by atoms with Crippen LogP contribution in [0.1, 0.15) is 12.5 Å². The van der Waals surface area contributed by atoms with Gasteiger partial charge in [0.2, 0.25) is 5.28 Å². The van der Waals surface area contributed by atoms with Crippen LogP contribution >= 0.6 is 11.6 Å². The molecule has 0 atom stereocenters. The van der Waals surface area contributed by atoms with Crippen molar-refractivity contribution in [3.8, 4) is 17.3 Å². The smallest absolute Gasteiger partial charge is 0.206 e. The van der Waals surface area contributed by atoms with Crippen LogP contribution in [-0.2, 0) is 6.42 Å². The largest absolute Gasteiger partial charge is 0.255 e. The number of halogens is 1. The molecule has 0 aliphatic rings. The standard InChI is InChI=1S/C14H12ClN5/c1-2-10-4-6-11(7-5-10)12-17-13(15)19-14(18-12)20-9-3-8-16-20/h3-9H,2H2,1H3. The lowest BCUT2D eigenvalue weighted by molar-refractivity contribution is 0.798. The van der Waals surface area contributed by atoms with Gasteiger partial charge < -0.3 is 0 Å². The third kappa shape index (κ3) is 2.53. The summed E-state index contributed by atoms with van der Waals surface area (Å²) in [5.74, 6) is 0.947. The van der Waals surface area contributed by atoms with Gasteiger partial charge in [-0.25, -0.2) is 4.68 Å². The lowest BCUT2D eigenvalue weighted by Crippen LogP contribution is -2.05. The molecule has 0 bridgehead atoms. The molecular formula is C14H12ClN5. The summed E-state index contributed by atoms with van der Waals surface area (Å²) in [5, 5.41) is 4.25. The second-order valence-corrected chi connectivity index (χ2v) is 4.57. The highest BCUT2D eigenvalue weighted by Gasteiger charge is 2.09. The van der Waals surface area contributed by atoms with E-state index in [0.29, 0.717) is 11.8 Å². The van der Waals surface area contributed by atoms with Gasteiger partial charge in [0, 0.05) is 18.0 Å². The Morgan fingerprint density at radius 2 is 1.90 bits per heavy atom. The van der Waals surface area contributed by atoms with Crippen LogP contribution in [0.5, 0.6) is 0 Å². The Hall–Kier alpha value is -2.27. The van der Waals surface area contributed by atoms with Crippen molar-refractivity contribution in [1.82, 2.24) is 24.7 Å². The van der Waals surface area contributed by atoms with Crippen molar-refractivity contribution >= 4 is 11.6 Å². The van der Waals surface area contributed by atoms with E-state index in [9.17, 15) is 0 Å². The summed E-state index contributed by atoms with van der Waals surface area (Å²) >= 11 is 5.97. The Kier molecular flexibility index (Phi) is 3.43. The monoisotopic (exact) mass is 285 g/mol. The van der Waals surface area contributed by atoms with Gasteiger partial charge in [-0.2, -0.15) is 20.1 Å². The Bertz CT molecular complexity index is 707. The maximum absolute atomic E-state index is 5.97. The fourth-order valence-electron chi connectivity index (χ4n) is 1.85. The minimum Gasteiger partial charge on any atom is -0.206 e. The van der Waals surface area contributed by atoms with Crippen LogP contribution in [0.3, 0.4) is 0 Å². The molecular weight excluding hydrogens is 274 g/mol. The molecule has 2 aromatic heterocycles. The highest BCUT2D eigenvalue weighted by Crippen LogP contribution is 2.18. The number of benzene rings is 1. The molecule has 0 saturated carbocycles. The molecule has 3 aromatic rings. The highest BCUT2D eigenvalue weighted by atomic mass is 35.5. The third-order valence-corrected chi connectivity index (χ3v) is 3.10. The maximum atomic E-state index is 5.97. The molecule has 3 rings (SSSR count). The molecule has 6 heteroatoms. The zero-order chi connectivity index (χ0) is 13.9. The number of rotatable bonds is 3. The Labute approximate surface area is 121 Å². The SMILES string of the molecule is CCc1ccc(-c2nc(Cl)nc(-n3cccn3)n2)cc1. The van der Waals surface area contributed by atoms with Crippen molar-refractivity contribution in [3.63, 3.8) is 0 Å². The maximum Gasteiger partial charge on any atom is 0.255 e. The normalized spacial score (nSPS) is 10.7. The molecule has 0 radical (unpaired) electrons. The van der Waals surface area contributed by atoms with Gasteiger partial charge in [0.25, 0.3) is 5.95 Å². The number of aryl methyl sites for hydroxylation is 1. The topological polar surface area (TPSA) is 56.5 Å². The lowest BCUT2D eigenvalue weighted by Gasteiger charge is -2.05. The molecule has 1 aromatic carbocycles. The van der Waals surface area contributed by atoms with Crippen LogP contribution < -0.4 is 0 Å². The van der Waals surface area contributed by atoms with Gasteiger partial charge in [-0.15, -0.1) is 0 Å². The summed E-state index contributed by atoms with van der Waals surface area (Å²) in [4.78, 5) is 12.6. The average molecular weight is 286 g/mol.